The molecule has 1 aromatic rings. The first-order valence-electron chi connectivity index (χ1n) is 6.24. The van der Waals surface area contributed by atoms with E-state index in [9.17, 15) is 0 Å². The van der Waals surface area contributed by atoms with Crippen LogP contribution in [0.4, 0.5) is 5.69 Å². The maximum atomic E-state index is 5.65. The number of rotatable bonds is 8. The van der Waals surface area contributed by atoms with E-state index in [2.05, 4.69) is 13.8 Å². The number of hydrogen-bond donors (Lipinski definition) is 1. The molecule has 0 aliphatic heterocycles. The van der Waals surface area contributed by atoms with Crippen molar-refractivity contribution in [2.24, 2.45) is 5.92 Å². The molecule has 0 aromatic heterocycles. The topological polar surface area (TPSA) is 44.5 Å². The number of hydrogen-bond acceptors (Lipinski definition) is 3. The van der Waals surface area contributed by atoms with E-state index >= 15 is 0 Å². The fraction of sp³-hybridized carbons (Fsp3) is 0.571. The molecule has 0 radical (unpaired) electrons. The van der Waals surface area contributed by atoms with Crippen molar-refractivity contribution in [2.45, 2.75) is 26.7 Å². The molecule has 0 fully saturated rings. The Morgan fingerprint density at radius 1 is 1.18 bits per heavy atom. The highest BCUT2D eigenvalue weighted by molar-refractivity contribution is 5.43. The second kappa shape index (κ2) is 7.96. The van der Waals surface area contributed by atoms with E-state index in [1.54, 1.807) is 0 Å². The number of nitrogens with two attached hydrogens (primary N) is 1. The van der Waals surface area contributed by atoms with Gasteiger partial charge in [0.1, 0.15) is 5.75 Å². The predicted octanol–water partition coefficient (Wildman–Crippen LogP) is 3.10. The third-order valence-electron chi connectivity index (χ3n) is 2.40. The molecule has 0 atom stereocenters. The van der Waals surface area contributed by atoms with E-state index in [1.165, 1.54) is 0 Å². The van der Waals surface area contributed by atoms with Crippen LogP contribution in [0.1, 0.15) is 26.7 Å². The van der Waals surface area contributed by atoms with Crippen LogP contribution in [-0.2, 0) is 4.74 Å². The Bertz CT molecular complexity index is 313. The van der Waals surface area contributed by atoms with E-state index < -0.39 is 0 Å². The van der Waals surface area contributed by atoms with E-state index in [-0.39, 0.29) is 0 Å². The maximum Gasteiger partial charge on any atom is 0.121 e. The second-order valence-electron chi connectivity index (χ2n) is 4.57. The van der Waals surface area contributed by atoms with Crippen LogP contribution in [0.2, 0.25) is 0 Å². The summed E-state index contributed by atoms with van der Waals surface area (Å²) in [5, 5.41) is 0. The summed E-state index contributed by atoms with van der Waals surface area (Å²) in [6, 6.07) is 7.49. The Kier molecular flexibility index (Phi) is 6.48. The van der Waals surface area contributed by atoms with Crippen molar-refractivity contribution in [3.8, 4) is 5.75 Å². The molecule has 2 N–H and O–H groups in total. The second-order valence-corrected chi connectivity index (χ2v) is 4.57. The molecule has 0 spiro atoms. The zero-order valence-electron chi connectivity index (χ0n) is 10.8. The molecule has 0 unspecified atom stereocenters. The van der Waals surface area contributed by atoms with Gasteiger partial charge in [-0.3, -0.25) is 0 Å². The zero-order chi connectivity index (χ0) is 12.5. The summed E-state index contributed by atoms with van der Waals surface area (Å²) < 4.78 is 11.1. The molecule has 3 nitrogen and oxygen atoms in total. The van der Waals surface area contributed by atoms with Crippen molar-refractivity contribution < 1.29 is 9.47 Å². The molecule has 0 saturated heterocycles. The fourth-order valence-corrected chi connectivity index (χ4v) is 1.38. The maximum absolute atomic E-state index is 5.65. The van der Waals surface area contributed by atoms with Gasteiger partial charge < -0.3 is 15.2 Å². The molecule has 0 bridgehead atoms. The van der Waals surface area contributed by atoms with Crippen molar-refractivity contribution in [2.75, 3.05) is 25.6 Å². The Morgan fingerprint density at radius 2 is 2.00 bits per heavy atom. The van der Waals surface area contributed by atoms with Gasteiger partial charge in [-0.2, -0.15) is 0 Å². The zero-order valence-corrected chi connectivity index (χ0v) is 10.8. The van der Waals surface area contributed by atoms with Gasteiger partial charge in [-0.05, 0) is 24.5 Å². The standard InChI is InChI=1S/C14H23NO2/c1-12(2)7-10-16-8-4-9-17-14-6-3-5-13(15)11-14/h3,5-6,11-12H,4,7-10,15H2,1-2H3. The van der Waals surface area contributed by atoms with Crippen LogP contribution >= 0.6 is 0 Å². The third-order valence-corrected chi connectivity index (χ3v) is 2.40. The SMILES string of the molecule is CC(C)CCOCCCOc1cccc(N)c1. The van der Waals surface area contributed by atoms with E-state index in [0.717, 1.165) is 37.5 Å². The molecule has 3 heteroatoms. The fourth-order valence-electron chi connectivity index (χ4n) is 1.38. The minimum absolute atomic E-state index is 0.672. The Morgan fingerprint density at radius 3 is 2.71 bits per heavy atom. The summed E-state index contributed by atoms with van der Waals surface area (Å²) in [5.74, 6) is 1.53. The Balaban J connectivity index is 2.01. The average Bonchev–Trinajstić information content (AvgIpc) is 2.27. The lowest BCUT2D eigenvalue weighted by Gasteiger charge is -2.08. The number of nitrogen functional groups attached to an aromatic ring is 1. The van der Waals surface area contributed by atoms with Gasteiger partial charge in [0.05, 0.1) is 6.61 Å². The largest absolute Gasteiger partial charge is 0.493 e. The molecule has 1 aromatic carbocycles. The van der Waals surface area contributed by atoms with Crippen molar-refractivity contribution in [1.29, 1.82) is 0 Å². The molecular weight excluding hydrogens is 214 g/mol. The number of benzene rings is 1. The summed E-state index contributed by atoms with van der Waals surface area (Å²) in [5.41, 5.74) is 6.38. The molecule has 0 amide bonds. The molecule has 96 valence electrons. The van der Waals surface area contributed by atoms with Gasteiger partial charge >= 0.3 is 0 Å². The summed E-state index contributed by atoms with van der Waals surface area (Å²) in [7, 11) is 0. The minimum Gasteiger partial charge on any atom is -0.493 e. The lowest BCUT2D eigenvalue weighted by Crippen LogP contribution is -2.05. The highest BCUT2D eigenvalue weighted by Crippen LogP contribution is 2.14. The number of ether oxygens (including phenoxy) is 2. The van der Waals surface area contributed by atoms with E-state index in [0.29, 0.717) is 12.5 Å². The first-order chi connectivity index (χ1) is 8.18. The monoisotopic (exact) mass is 237 g/mol. The van der Waals surface area contributed by atoms with Gasteiger partial charge in [0.2, 0.25) is 0 Å². The van der Waals surface area contributed by atoms with Crippen LogP contribution in [0, 0.1) is 5.92 Å². The minimum atomic E-state index is 0.672. The van der Waals surface area contributed by atoms with E-state index in [4.69, 9.17) is 15.2 Å². The molecule has 0 aliphatic carbocycles. The van der Waals surface area contributed by atoms with Crippen molar-refractivity contribution in [3.63, 3.8) is 0 Å². The highest BCUT2D eigenvalue weighted by Gasteiger charge is 1.96. The van der Waals surface area contributed by atoms with Gasteiger partial charge in [-0.25, -0.2) is 0 Å². The summed E-state index contributed by atoms with van der Waals surface area (Å²) >= 11 is 0. The molecule has 1 rings (SSSR count). The lowest BCUT2D eigenvalue weighted by atomic mass is 10.1. The van der Waals surface area contributed by atoms with Crippen LogP contribution in [-0.4, -0.2) is 19.8 Å². The quantitative estimate of drug-likeness (QED) is 0.558. The summed E-state index contributed by atoms with van der Waals surface area (Å²) in [4.78, 5) is 0. The average molecular weight is 237 g/mol. The van der Waals surface area contributed by atoms with Gasteiger partial charge in [-0.15, -0.1) is 0 Å². The molecule has 0 saturated carbocycles. The van der Waals surface area contributed by atoms with Gasteiger partial charge in [0, 0.05) is 31.4 Å². The van der Waals surface area contributed by atoms with Crippen molar-refractivity contribution in [3.05, 3.63) is 24.3 Å². The normalized spacial score (nSPS) is 10.8. The smallest absolute Gasteiger partial charge is 0.121 e. The predicted molar refractivity (Wildman–Crippen MR) is 71.2 cm³/mol. The highest BCUT2D eigenvalue weighted by atomic mass is 16.5. The summed E-state index contributed by atoms with van der Waals surface area (Å²) in [6.07, 6.45) is 2.03. The molecule has 0 heterocycles. The third kappa shape index (κ3) is 6.84. The van der Waals surface area contributed by atoms with Crippen molar-refractivity contribution >= 4 is 5.69 Å². The first kappa shape index (κ1) is 13.8. The van der Waals surface area contributed by atoms with Crippen molar-refractivity contribution in [1.82, 2.24) is 0 Å². The lowest BCUT2D eigenvalue weighted by molar-refractivity contribution is 0.110. The molecule has 0 aliphatic rings. The first-order valence-corrected chi connectivity index (χ1v) is 6.24. The van der Waals surface area contributed by atoms with E-state index in [1.807, 2.05) is 24.3 Å². The van der Waals surface area contributed by atoms with Gasteiger partial charge in [-0.1, -0.05) is 19.9 Å². The van der Waals surface area contributed by atoms with Crippen LogP contribution in [0.5, 0.6) is 5.75 Å². The van der Waals surface area contributed by atoms with Gasteiger partial charge in [0.15, 0.2) is 0 Å². The van der Waals surface area contributed by atoms with Crippen LogP contribution in [0.3, 0.4) is 0 Å². The van der Waals surface area contributed by atoms with Crippen LogP contribution in [0.25, 0.3) is 0 Å². The molecule has 17 heavy (non-hydrogen) atoms. The summed E-state index contributed by atoms with van der Waals surface area (Å²) in [6.45, 7) is 6.68. The van der Waals surface area contributed by atoms with Crippen LogP contribution < -0.4 is 10.5 Å². The Labute approximate surface area is 104 Å². The molecular formula is C14H23NO2. The van der Waals surface area contributed by atoms with Crippen LogP contribution in [0.15, 0.2) is 24.3 Å². The number of anilines is 1. The Hall–Kier alpha value is -1.22. The van der Waals surface area contributed by atoms with Gasteiger partial charge in [0.25, 0.3) is 0 Å².